The van der Waals surface area contributed by atoms with Crippen LogP contribution in [0.15, 0.2) is 25.0 Å². The van der Waals surface area contributed by atoms with Gasteiger partial charge in [0.25, 0.3) is 5.91 Å². The largest absolute Gasteiger partial charge is 0.352 e. The lowest BCUT2D eigenvalue weighted by molar-refractivity contribution is 0.0925. The smallest absolute Gasteiger partial charge is 0.269 e. The van der Waals surface area contributed by atoms with Crippen molar-refractivity contribution in [3.63, 3.8) is 0 Å². The van der Waals surface area contributed by atoms with Crippen molar-refractivity contribution in [3.05, 3.63) is 36.6 Å². The molecule has 3 heterocycles. The number of hydrogen-bond donors (Lipinski definition) is 1. The summed E-state index contributed by atoms with van der Waals surface area (Å²) in [5.41, 5.74) is 0.505. The zero-order valence-corrected chi connectivity index (χ0v) is 12.2. The molecule has 0 aliphatic carbocycles. The number of imidazole rings is 1. The summed E-state index contributed by atoms with van der Waals surface area (Å²) in [6.07, 6.45) is 7.31. The number of hydrogen-bond acceptors (Lipinski definition) is 5. The van der Waals surface area contributed by atoms with Gasteiger partial charge in [0.15, 0.2) is 11.6 Å². The molecule has 22 heavy (non-hydrogen) atoms. The van der Waals surface area contributed by atoms with Gasteiger partial charge in [-0.1, -0.05) is 0 Å². The highest BCUT2D eigenvalue weighted by Crippen LogP contribution is 2.20. The second-order valence-corrected chi connectivity index (χ2v) is 5.34. The van der Waals surface area contributed by atoms with Crippen molar-refractivity contribution in [3.8, 4) is 0 Å². The predicted octanol–water partition coefficient (Wildman–Crippen LogP) is 0.748. The van der Waals surface area contributed by atoms with Crippen LogP contribution < -0.4 is 10.2 Å². The number of halogens is 1. The fourth-order valence-corrected chi connectivity index (χ4v) is 2.66. The summed E-state index contributed by atoms with van der Waals surface area (Å²) in [5, 5.41) is 2.97. The van der Waals surface area contributed by atoms with Crippen LogP contribution in [0.2, 0.25) is 0 Å². The molecule has 0 radical (unpaired) electrons. The third-order valence-corrected chi connectivity index (χ3v) is 3.75. The summed E-state index contributed by atoms with van der Waals surface area (Å²) in [6.45, 7) is 1.24. The number of amides is 1. The minimum absolute atomic E-state index is 0.0504. The maximum atomic E-state index is 13.8. The number of nitrogens with one attached hydrogen (secondary N) is 1. The Bertz CT molecular complexity index is 673. The molecule has 1 fully saturated rings. The number of anilines is 1. The standard InChI is InChI=1S/C14H17FN6O/c1-20-9-17-6-12(20)14(22)19-10-3-2-4-21(7-10)13-11(15)5-16-8-18-13/h5-6,8-10H,2-4,7H2,1H3,(H,19,22). The van der Waals surface area contributed by atoms with E-state index in [9.17, 15) is 9.18 Å². The van der Waals surface area contributed by atoms with Crippen molar-refractivity contribution in [1.29, 1.82) is 0 Å². The van der Waals surface area contributed by atoms with E-state index < -0.39 is 5.82 Å². The monoisotopic (exact) mass is 304 g/mol. The van der Waals surface area contributed by atoms with Gasteiger partial charge in [-0.05, 0) is 12.8 Å². The fraction of sp³-hybridized carbons (Fsp3) is 0.429. The zero-order valence-electron chi connectivity index (χ0n) is 12.2. The number of aryl methyl sites for hydroxylation is 1. The first-order valence-corrected chi connectivity index (χ1v) is 7.13. The fourth-order valence-electron chi connectivity index (χ4n) is 2.66. The lowest BCUT2D eigenvalue weighted by atomic mass is 10.1. The van der Waals surface area contributed by atoms with Crippen LogP contribution in [0.25, 0.3) is 0 Å². The third kappa shape index (κ3) is 2.90. The molecule has 1 aliphatic heterocycles. The molecule has 1 amide bonds. The highest BCUT2D eigenvalue weighted by molar-refractivity contribution is 5.92. The summed E-state index contributed by atoms with van der Waals surface area (Å²) in [6, 6.07) is -0.0504. The van der Waals surface area contributed by atoms with E-state index in [2.05, 4.69) is 20.3 Å². The molecule has 2 aromatic heterocycles. The van der Waals surface area contributed by atoms with Crippen molar-refractivity contribution in [2.45, 2.75) is 18.9 Å². The molecule has 1 N–H and O–H groups in total. The molecule has 1 atom stereocenters. The summed E-state index contributed by atoms with van der Waals surface area (Å²) < 4.78 is 15.4. The Balaban J connectivity index is 1.68. The van der Waals surface area contributed by atoms with Gasteiger partial charge in [0, 0.05) is 26.2 Å². The molecule has 116 valence electrons. The van der Waals surface area contributed by atoms with Crippen molar-refractivity contribution in [1.82, 2.24) is 24.8 Å². The van der Waals surface area contributed by atoms with Gasteiger partial charge < -0.3 is 14.8 Å². The van der Waals surface area contributed by atoms with E-state index in [1.54, 1.807) is 17.9 Å². The zero-order chi connectivity index (χ0) is 15.5. The topological polar surface area (TPSA) is 75.9 Å². The van der Waals surface area contributed by atoms with E-state index in [-0.39, 0.29) is 17.8 Å². The Kier molecular flexibility index (Phi) is 3.99. The lowest BCUT2D eigenvalue weighted by Gasteiger charge is -2.33. The molecule has 1 saturated heterocycles. The average molecular weight is 304 g/mol. The van der Waals surface area contributed by atoms with Gasteiger partial charge in [-0.15, -0.1) is 0 Å². The first kappa shape index (κ1) is 14.4. The number of rotatable bonds is 3. The van der Waals surface area contributed by atoms with Gasteiger partial charge in [-0.3, -0.25) is 4.79 Å². The first-order valence-electron chi connectivity index (χ1n) is 7.13. The van der Waals surface area contributed by atoms with Crippen LogP contribution in [-0.2, 0) is 7.05 Å². The van der Waals surface area contributed by atoms with E-state index in [4.69, 9.17) is 0 Å². The van der Waals surface area contributed by atoms with Crippen LogP contribution in [0.1, 0.15) is 23.3 Å². The van der Waals surface area contributed by atoms with E-state index in [0.717, 1.165) is 19.0 Å². The van der Waals surface area contributed by atoms with Crippen molar-refractivity contribution in [2.24, 2.45) is 7.05 Å². The molecule has 0 aromatic carbocycles. The molecule has 3 rings (SSSR count). The van der Waals surface area contributed by atoms with Crippen molar-refractivity contribution >= 4 is 11.7 Å². The Morgan fingerprint density at radius 3 is 3.00 bits per heavy atom. The molecule has 2 aromatic rings. The minimum Gasteiger partial charge on any atom is -0.352 e. The van der Waals surface area contributed by atoms with Gasteiger partial charge >= 0.3 is 0 Å². The van der Waals surface area contributed by atoms with Crippen molar-refractivity contribution < 1.29 is 9.18 Å². The molecule has 1 aliphatic rings. The van der Waals surface area contributed by atoms with E-state index >= 15 is 0 Å². The lowest BCUT2D eigenvalue weighted by Crippen LogP contribution is -2.48. The van der Waals surface area contributed by atoms with Crippen LogP contribution in [0, 0.1) is 5.82 Å². The Labute approximate surface area is 127 Å². The molecule has 0 saturated carbocycles. The van der Waals surface area contributed by atoms with Gasteiger partial charge in [0.05, 0.1) is 18.7 Å². The quantitative estimate of drug-likeness (QED) is 0.905. The molecule has 0 bridgehead atoms. The summed E-state index contributed by atoms with van der Waals surface area (Å²) in [7, 11) is 1.77. The summed E-state index contributed by atoms with van der Waals surface area (Å²) in [5.74, 6) is -0.328. The second kappa shape index (κ2) is 6.08. The van der Waals surface area contributed by atoms with Crippen molar-refractivity contribution in [2.75, 3.05) is 18.0 Å². The molecule has 8 heteroatoms. The first-order chi connectivity index (χ1) is 10.6. The normalized spacial score (nSPS) is 18.3. The predicted molar refractivity (Wildman–Crippen MR) is 77.9 cm³/mol. The van der Waals surface area contributed by atoms with Crippen LogP contribution in [0.4, 0.5) is 10.2 Å². The molecule has 7 nitrogen and oxygen atoms in total. The number of aromatic nitrogens is 4. The summed E-state index contributed by atoms with van der Waals surface area (Å²) >= 11 is 0. The maximum absolute atomic E-state index is 13.8. The number of nitrogens with zero attached hydrogens (tertiary/aromatic N) is 5. The Morgan fingerprint density at radius 2 is 2.27 bits per heavy atom. The molecule has 0 spiro atoms. The van der Waals surface area contributed by atoms with Crippen LogP contribution in [0.3, 0.4) is 0 Å². The van der Waals surface area contributed by atoms with Crippen LogP contribution >= 0.6 is 0 Å². The van der Waals surface area contributed by atoms with Crippen LogP contribution in [-0.4, -0.2) is 44.6 Å². The van der Waals surface area contributed by atoms with E-state index in [1.807, 2.05) is 4.90 Å². The Morgan fingerprint density at radius 1 is 1.41 bits per heavy atom. The maximum Gasteiger partial charge on any atom is 0.269 e. The minimum atomic E-state index is -0.443. The number of carbonyl (C=O) groups excluding carboxylic acids is 1. The third-order valence-electron chi connectivity index (χ3n) is 3.75. The second-order valence-electron chi connectivity index (χ2n) is 5.34. The molecular weight excluding hydrogens is 287 g/mol. The highest BCUT2D eigenvalue weighted by Gasteiger charge is 2.25. The SMILES string of the molecule is Cn1cncc1C(=O)NC1CCCN(c2ncncc2F)C1. The van der Waals surface area contributed by atoms with Gasteiger partial charge in [-0.25, -0.2) is 19.3 Å². The van der Waals surface area contributed by atoms with Gasteiger partial charge in [0.1, 0.15) is 12.0 Å². The average Bonchev–Trinajstić information content (AvgIpc) is 2.94. The Hall–Kier alpha value is -2.51. The van der Waals surface area contributed by atoms with E-state index in [1.165, 1.54) is 12.5 Å². The highest BCUT2D eigenvalue weighted by atomic mass is 19.1. The number of carbonyl (C=O) groups is 1. The van der Waals surface area contributed by atoms with Gasteiger partial charge in [0.2, 0.25) is 0 Å². The molecule has 1 unspecified atom stereocenters. The van der Waals surface area contributed by atoms with Gasteiger partial charge in [-0.2, -0.15) is 0 Å². The van der Waals surface area contributed by atoms with E-state index in [0.29, 0.717) is 18.8 Å². The van der Waals surface area contributed by atoms with Crippen LogP contribution in [0.5, 0.6) is 0 Å². The number of piperidine rings is 1. The summed E-state index contributed by atoms with van der Waals surface area (Å²) in [4.78, 5) is 25.6. The molecular formula is C14H17FN6O.